The van der Waals surface area contributed by atoms with Gasteiger partial charge in [-0.3, -0.25) is 0 Å². The molecular formula is C6H6Rb. The predicted molar refractivity (Wildman–Crippen MR) is 32.2 cm³/mol. The van der Waals surface area contributed by atoms with Gasteiger partial charge in [0.1, 0.15) is 0 Å². The molecule has 0 amide bonds. The number of benzene rings is 1. The van der Waals surface area contributed by atoms with Crippen molar-refractivity contribution in [3.63, 3.8) is 0 Å². The van der Waals surface area contributed by atoms with E-state index in [0.29, 0.717) is 0 Å². The fraction of sp³-hybridized carbons (Fsp3) is 0. The molecule has 0 fully saturated rings. The molecule has 0 aliphatic carbocycles. The monoisotopic (exact) mass is 163 g/mol. The van der Waals surface area contributed by atoms with Gasteiger partial charge >= 0.3 is 0 Å². The zero-order valence-electron chi connectivity index (χ0n) is 4.46. The van der Waals surface area contributed by atoms with Crippen molar-refractivity contribution in [2.75, 3.05) is 0 Å². The van der Waals surface area contributed by atoms with Crippen LogP contribution in [0.3, 0.4) is 0 Å². The molecule has 1 heteroatoms. The largest absolute Gasteiger partial charge is 0.0623 e. The van der Waals surface area contributed by atoms with Crippen LogP contribution in [0.4, 0.5) is 0 Å². The molecule has 0 heterocycles. The molecule has 7 heavy (non-hydrogen) atoms. The molecule has 0 spiro atoms. The van der Waals surface area contributed by atoms with Gasteiger partial charge in [-0.2, -0.15) is 0 Å². The molecule has 1 rings (SSSR count). The molecule has 0 atom stereocenters. The van der Waals surface area contributed by atoms with Gasteiger partial charge in [0.05, 0.1) is 0 Å². The summed E-state index contributed by atoms with van der Waals surface area (Å²) in [5, 5.41) is 0. The predicted octanol–water partition coefficient (Wildman–Crippen LogP) is 1.31. The molecule has 0 nitrogen and oxygen atoms in total. The quantitative estimate of drug-likeness (QED) is 0.541. The Morgan fingerprint density at radius 1 is 0.429 bits per heavy atom. The van der Waals surface area contributed by atoms with E-state index < -0.39 is 0 Å². The molecule has 1 aromatic carbocycles. The van der Waals surface area contributed by atoms with Crippen LogP contribution in [-0.4, -0.2) is 58.2 Å². The molecule has 0 aliphatic rings. The van der Waals surface area contributed by atoms with Crippen molar-refractivity contribution in [1.29, 1.82) is 0 Å². The van der Waals surface area contributed by atoms with E-state index in [4.69, 9.17) is 0 Å². The van der Waals surface area contributed by atoms with E-state index in [1.807, 2.05) is 36.4 Å². The average molecular weight is 164 g/mol. The number of hydrogen-bond donors (Lipinski definition) is 0. The Morgan fingerprint density at radius 3 is 0.714 bits per heavy atom. The minimum absolute atomic E-state index is 0. The number of hydrogen-bond acceptors (Lipinski definition) is 0. The second-order valence-corrected chi connectivity index (χ2v) is 1.15. The van der Waals surface area contributed by atoms with E-state index in [1.54, 1.807) is 0 Å². The van der Waals surface area contributed by atoms with E-state index >= 15 is 0 Å². The summed E-state index contributed by atoms with van der Waals surface area (Å²) in [4.78, 5) is 0. The van der Waals surface area contributed by atoms with Crippen LogP contribution in [0.15, 0.2) is 36.4 Å². The fourth-order valence-corrected chi connectivity index (χ4v) is 0.385. The molecule has 1 aromatic rings. The Morgan fingerprint density at radius 2 is 0.571 bits per heavy atom. The van der Waals surface area contributed by atoms with Crippen LogP contribution in [-0.2, 0) is 0 Å². The Bertz CT molecular complexity index is 76.1. The summed E-state index contributed by atoms with van der Waals surface area (Å²) in [6, 6.07) is 12.0. The van der Waals surface area contributed by atoms with Crippen LogP contribution in [0, 0.1) is 0 Å². The molecule has 1 radical (unpaired) electrons. The normalized spacial score (nSPS) is 6.86. The van der Waals surface area contributed by atoms with Crippen molar-refractivity contribution in [2.45, 2.75) is 0 Å². The van der Waals surface area contributed by atoms with Gasteiger partial charge in [0, 0.05) is 58.2 Å². The molecule has 0 aliphatic heterocycles. The molecule has 0 saturated carbocycles. The molecule has 0 bridgehead atoms. The van der Waals surface area contributed by atoms with Gasteiger partial charge < -0.3 is 0 Å². The van der Waals surface area contributed by atoms with Gasteiger partial charge in [0.2, 0.25) is 0 Å². The Kier molecular flexibility index (Phi) is 5.92. The molecule has 0 unspecified atom stereocenters. The van der Waals surface area contributed by atoms with E-state index in [-0.39, 0.29) is 58.2 Å². The first-order valence-corrected chi connectivity index (χ1v) is 2.00. The maximum Gasteiger partial charge on any atom is 0 e. The van der Waals surface area contributed by atoms with Crippen LogP contribution in [0.5, 0.6) is 0 Å². The van der Waals surface area contributed by atoms with Gasteiger partial charge in [-0.25, -0.2) is 0 Å². The van der Waals surface area contributed by atoms with E-state index in [9.17, 15) is 0 Å². The van der Waals surface area contributed by atoms with Crippen LogP contribution < -0.4 is 0 Å². The summed E-state index contributed by atoms with van der Waals surface area (Å²) in [6.45, 7) is 0. The van der Waals surface area contributed by atoms with Crippen LogP contribution >= 0.6 is 0 Å². The third kappa shape index (κ3) is 3.59. The summed E-state index contributed by atoms with van der Waals surface area (Å²) in [7, 11) is 0. The van der Waals surface area contributed by atoms with Gasteiger partial charge in [0.25, 0.3) is 0 Å². The van der Waals surface area contributed by atoms with Crippen molar-refractivity contribution in [2.24, 2.45) is 0 Å². The van der Waals surface area contributed by atoms with E-state index in [1.165, 1.54) is 0 Å². The fourth-order valence-electron chi connectivity index (χ4n) is 0.385. The Labute approximate surface area is 92.7 Å². The molecule has 0 saturated heterocycles. The molecule has 31 valence electrons. The van der Waals surface area contributed by atoms with Crippen LogP contribution in [0.2, 0.25) is 0 Å². The Balaban J connectivity index is 0.000000360. The maximum absolute atomic E-state index is 2.00. The van der Waals surface area contributed by atoms with Crippen molar-refractivity contribution in [3.8, 4) is 0 Å². The first kappa shape index (κ1) is 8.03. The minimum Gasteiger partial charge on any atom is -0.0623 e. The van der Waals surface area contributed by atoms with Crippen LogP contribution in [0.25, 0.3) is 0 Å². The van der Waals surface area contributed by atoms with Gasteiger partial charge in [-0.05, 0) is 0 Å². The number of rotatable bonds is 0. The van der Waals surface area contributed by atoms with Crippen molar-refractivity contribution >= 4 is 58.2 Å². The van der Waals surface area contributed by atoms with E-state index in [2.05, 4.69) is 0 Å². The first-order valence-electron chi connectivity index (χ1n) is 2.00. The second kappa shape index (κ2) is 5.17. The summed E-state index contributed by atoms with van der Waals surface area (Å²) in [5.41, 5.74) is 0. The third-order valence-corrected chi connectivity index (χ3v) is 0.667. The van der Waals surface area contributed by atoms with Gasteiger partial charge in [-0.15, -0.1) is 0 Å². The molecule has 0 N–H and O–H groups in total. The average Bonchev–Trinajstić information content (AvgIpc) is 1.72. The topological polar surface area (TPSA) is 0 Å². The zero-order chi connectivity index (χ0) is 4.24. The summed E-state index contributed by atoms with van der Waals surface area (Å²) >= 11 is 0. The molecule has 0 aromatic heterocycles. The van der Waals surface area contributed by atoms with Crippen molar-refractivity contribution < 1.29 is 0 Å². The van der Waals surface area contributed by atoms with Gasteiger partial charge in [-0.1, -0.05) is 36.4 Å². The summed E-state index contributed by atoms with van der Waals surface area (Å²) < 4.78 is 0. The smallest absolute Gasteiger partial charge is 0 e. The first-order chi connectivity index (χ1) is 3.00. The maximum atomic E-state index is 2.00. The van der Waals surface area contributed by atoms with E-state index in [0.717, 1.165) is 0 Å². The van der Waals surface area contributed by atoms with Crippen molar-refractivity contribution in [1.82, 2.24) is 0 Å². The van der Waals surface area contributed by atoms with Gasteiger partial charge in [0.15, 0.2) is 0 Å². The standard InChI is InChI=1S/C6H6.Rb/c1-2-4-6-5-3-1;/h1-6H;. The minimum atomic E-state index is 0. The summed E-state index contributed by atoms with van der Waals surface area (Å²) in [5.74, 6) is 0. The van der Waals surface area contributed by atoms with Crippen molar-refractivity contribution in [3.05, 3.63) is 36.4 Å². The third-order valence-electron chi connectivity index (χ3n) is 0.667. The van der Waals surface area contributed by atoms with Crippen LogP contribution in [0.1, 0.15) is 0 Å². The summed E-state index contributed by atoms with van der Waals surface area (Å²) in [6.07, 6.45) is 0. The Hall–Kier alpha value is 1.03. The zero-order valence-corrected chi connectivity index (χ0v) is 9.38. The SMILES string of the molecule is [Rb].c1ccccc1. The second-order valence-electron chi connectivity index (χ2n) is 1.15. The molecular weight excluding hydrogens is 158 g/mol.